The van der Waals surface area contributed by atoms with Crippen LogP contribution < -0.4 is 34.7 Å². The number of carbonyl (C=O) groups excluding carboxylic acids is 1. The van der Waals surface area contributed by atoms with Gasteiger partial charge in [-0.2, -0.15) is 0 Å². The minimum absolute atomic E-state index is 0. The van der Waals surface area contributed by atoms with Gasteiger partial charge in [0, 0.05) is 5.56 Å². The van der Waals surface area contributed by atoms with E-state index in [1.165, 1.54) is 6.20 Å². The van der Waals surface area contributed by atoms with Gasteiger partial charge >= 0.3 is 29.6 Å². The fourth-order valence-corrected chi connectivity index (χ4v) is 1.22. The number of aromatic carboxylic acids is 1. The maximum Gasteiger partial charge on any atom is 1.00 e. The zero-order valence-electron chi connectivity index (χ0n) is 9.06. The van der Waals surface area contributed by atoms with Crippen LogP contribution in [0.15, 0.2) is 34.9 Å². The molecule has 1 aromatic heterocycles. The summed E-state index contributed by atoms with van der Waals surface area (Å²) in [7, 11) is 0. The van der Waals surface area contributed by atoms with E-state index in [0.717, 1.165) is 11.1 Å². The Hall–Kier alpha value is -1.10. The van der Waals surface area contributed by atoms with Crippen molar-refractivity contribution >= 4 is 5.97 Å². The van der Waals surface area contributed by atoms with Gasteiger partial charge in [0.1, 0.15) is 5.97 Å². The summed E-state index contributed by atoms with van der Waals surface area (Å²) in [6, 6.07) is 7.51. The number of carboxylic acid groups (broad SMARTS) is 1. The van der Waals surface area contributed by atoms with E-state index >= 15 is 0 Å². The molecule has 2 aromatic rings. The van der Waals surface area contributed by atoms with Crippen molar-refractivity contribution in [1.82, 2.24) is 4.98 Å². The topological polar surface area (TPSA) is 66.2 Å². The average Bonchev–Trinajstić information content (AvgIpc) is 2.68. The van der Waals surface area contributed by atoms with Crippen molar-refractivity contribution in [3.8, 4) is 11.3 Å². The Balaban J connectivity index is 0.00000128. The van der Waals surface area contributed by atoms with Crippen molar-refractivity contribution < 1.29 is 43.9 Å². The molecule has 0 aliphatic carbocycles. The second kappa shape index (κ2) is 5.30. The van der Waals surface area contributed by atoms with Gasteiger partial charge in [0.15, 0.2) is 5.76 Å². The van der Waals surface area contributed by atoms with Crippen LogP contribution in [0, 0.1) is 6.92 Å². The van der Waals surface area contributed by atoms with Gasteiger partial charge in [-0.1, -0.05) is 29.8 Å². The third-order valence-electron chi connectivity index (χ3n) is 2.02. The fourth-order valence-electron chi connectivity index (χ4n) is 1.22. The smallest absolute Gasteiger partial charge is 0.540 e. The first-order chi connectivity index (χ1) is 7.16. The van der Waals surface area contributed by atoms with Gasteiger partial charge in [-0.15, -0.1) is 0 Å². The first-order valence-electron chi connectivity index (χ1n) is 4.41. The summed E-state index contributed by atoms with van der Waals surface area (Å²) in [5.41, 5.74) is 1.92. The number of carboxylic acids is 1. The summed E-state index contributed by atoms with van der Waals surface area (Å²) in [4.78, 5) is 14.0. The number of aromatic nitrogens is 1. The molecule has 1 heterocycles. The zero-order chi connectivity index (χ0) is 10.8. The number of aryl methyl sites for hydroxylation is 1. The average molecular weight is 225 g/mol. The molecule has 1 aromatic carbocycles. The summed E-state index contributed by atoms with van der Waals surface area (Å²) < 4.78 is 5.00. The molecule has 0 fully saturated rings. The van der Waals surface area contributed by atoms with Crippen molar-refractivity contribution in [2.45, 2.75) is 6.92 Å². The molecule has 0 saturated carbocycles. The van der Waals surface area contributed by atoms with Crippen LogP contribution in [-0.2, 0) is 0 Å². The molecule has 4 nitrogen and oxygen atoms in total. The Morgan fingerprint density at radius 1 is 1.31 bits per heavy atom. The molecule has 76 valence electrons. The number of hydrogen-bond donors (Lipinski definition) is 0. The maximum absolute atomic E-state index is 10.4. The molecule has 0 N–H and O–H groups in total. The molecule has 0 spiro atoms. The SMILES string of the molecule is Cc1ccc(-c2cnc(C(=O)[O-])o2)cc1.[Na+]. The number of rotatable bonds is 2. The Labute approximate surface area is 115 Å². The van der Waals surface area contributed by atoms with Crippen LogP contribution in [0.1, 0.15) is 16.2 Å². The minimum atomic E-state index is -1.41. The van der Waals surface area contributed by atoms with Crippen LogP contribution in [0.25, 0.3) is 11.3 Å². The van der Waals surface area contributed by atoms with Crippen LogP contribution in [0.4, 0.5) is 0 Å². The fraction of sp³-hybridized carbons (Fsp3) is 0.0909. The van der Waals surface area contributed by atoms with Crippen molar-refractivity contribution in [1.29, 1.82) is 0 Å². The predicted octanol–water partition coefficient (Wildman–Crippen LogP) is -1.98. The van der Waals surface area contributed by atoms with Crippen molar-refractivity contribution in [3.05, 3.63) is 41.9 Å². The first kappa shape index (κ1) is 13.0. The zero-order valence-corrected chi connectivity index (χ0v) is 11.1. The van der Waals surface area contributed by atoms with Crippen LogP contribution in [0.5, 0.6) is 0 Å². The van der Waals surface area contributed by atoms with Crippen LogP contribution in [0.2, 0.25) is 0 Å². The second-order valence-corrected chi connectivity index (χ2v) is 3.18. The summed E-state index contributed by atoms with van der Waals surface area (Å²) in [5.74, 6) is -1.38. The predicted molar refractivity (Wildman–Crippen MR) is 51.0 cm³/mol. The molecule has 0 atom stereocenters. The summed E-state index contributed by atoms with van der Waals surface area (Å²) >= 11 is 0. The number of benzene rings is 1. The Morgan fingerprint density at radius 2 is 1.94 bits per heavy atom. The third kappa shape index (κ3) is 2.72. The molecule has 0 aliphatic rings. The Morgan fingerprint density at radius 3 is 2.44 bits per heavy atom. The molecule has 0 radical (unpaired) electrons. The Kier molecular flexibility index (Phi) is 4.29. The first-order valence-corrected chi connectivity index (χ1v) is 4.41. The molecule has 2 rings (SSSR count). The Bertz CT molecular complexity index is 490. The van der Waals surface area contributed by atoms with E-state index in [1.807, 2.05) is 31.2 Å². The van der Waals surface area contributed by atoms with E-state index in [0.29, 0.717) is 5.76 Å². The van der Waals surface area contributed by atoms with Gasteiger partial charge in [-0.05, 0) is 6.92 Å². The van der Waals surface area contributed by atoms with Crippen LogP contribution in [-0.4, -0.2) is 11.0 Å². The van der Waals surface area contributed by atoms with Crippen LogP contribution >= 0.6 is 0 Å². The normalized spacial score (nSPS) is 9.56. The molecule has 0 unspecified atom stereocenters. The van der Waals surface area contributed by atoms with Gasteiger partial charge in [0.2, 0.25) is 5.89 Å². The quantitative estimate of drug-likeness (QED) is 0.555. The van der Waals surface area contributed by atoms with Gasteiger partial charge in [0.25, 0.3) is 0 Å². The van der Waals surface area contributed by atoms with Crippen molar-refractivity contribution in [3.63, 3.8) is 0 Å². The van der Waals surface area contributed by atoms with Gasteiger partial charge in [-0.25, -0.2) is 4.98 Å². The largest absolute Gasteiger partial charge is 1.00 e. The van der Waals surface area contributed by atoms with E-state index < -0.39 is 11.9 Å². The van der Waals surface area contributed by atoms with E-state index in [1.54, 1.807) is 0 Å². The molecular formula is C11H8NNaO3. The molecule has 0 aliphatic heterocycles. The number of oxazole rings is 1. The molecule has 5 heteroatoms. The molecule has 16 heavy (non-hydrogen) atoms. The van der Waals surface area contributed by atoms with E-state index in [9.17, 15) is 9.90 Å². The molecule has 0 amide bonds. The standard InChI is InChI=1S/C11H9NO3.Na/c1-7-2-4-8(5-3-7)9-6-12-10(15-9)11(13)14;/h2-6H,1H3,(H,13,14);/q;+1/p-1. The van der Waals surface area contributed by atoms with Crippen LogP contribution in [0.3, 0.4) is 0 Å². The van der Waals surface area contributed by atoms with Gasteiger partial charge in [0.05, 0.1) is 6.20 Å². The maximum atomic E-state index is 10.4. The monoisotopic (exact) mass is 225 g/mol. The van der Waals surface area contributed by atoms with Gasteiger partial charge < -0.3 is 14.3 Å². The summed E-state index contributed by atoms with van der Waals surface area (Å²) in [5, 5.41) is 10.4. The number of nitrogens with zero attached hydrogens (tertiary/aromatic N) is 1. The molecule has 0 bridgehead atoms. The summed E-state index contributed by atoms with van der Waals surface area (Å²) in [6.07, 6.45) is 1.37. The van der Waals surface area contributed by atoms with Crippen molar-refractivity contribution in [2.75, 3.05) is 0 Å². The van der Waals surface area contributed by atoms with E-state index in [-0.39, 0.29) is 29.6 Å². The number of carbonyl (C=O) groups is 1. The summed E-state index contributed by atoms with van der Waals surface area (Å²) in [6.45, 7) is 1.97. The number of hydrogen-bond acceptors (Lipinski definition) is 4. The van der Waals surface area contributed by atoms with E-state index in [4.69, 9.17) is 4.42 Å². The van der Waals surface area contributed by atoms with Gasteiger partial charge in [-0.3, -0.25) is 0 Å². The molecule has 0 saturated heterocycles. The van der Waals surface area contributed by atoms with E-state index in [2.05, 4.69) is 4.98 Å². The molecular weight excluding hydrogens is 217 g/mol. The third-order valence-corrected chi connectivity index (χ3v) is 2.02. The van der Waals surface area contributed by atoms with Crippen molar-refractivity contribution in [2.24, 2.45) is 0 Å². The minimum Gasteiger partial charge on any atom is -0.540 e. The second-order valence-electron chi connectivity index (χ2n) is 3.18.